The number of nitrogens with zero attached hydrogens (tertiary/aromatic N) is 3. The van der Waals surface area contributed by atoms with Crippen LogP contribution in [0.5, 0.6) is 0 Å². The van der Waals surface area contributed by atoms with Crippen LogP contribution in [0.15, 0.2) is 47.0 Å². The number of esters is 1. The first-order valence-electron chi connectivity index (χ1n) is 9.26. The van der Waals surface area contributed by atoms with E-state index in [0.29, 0.717) is 11.3 Å². The van der Waals surface area contributed by atoms with E-state index in [-0.39, 0.29) is 23.4 Å². The third-order valence-corrected chi connectivity index (χ3v) is 5.56. The monoisotopic (exact) mass is 404 g/mol. The minimum absolute atomic E-state index is 0.00354. The number of carbonyl (C=O) groups excluding carboxylic acids is 1. The molecule has 1 fully saturated rings. The van der Waals surface area contributed by atoms with Gasteiger partial charge in [0.2, 0.25) is 0 Å². The Morgan fingerprint density at radius 1 is 1.20 bits per heavy atom. The summed E-state index contributed by atoms with van der Waals surface area (Å²) in [6.45, 7) is 1.84. The summed E-state index contributed by atoms with van der Waals surface area (Å²) in [6, 6.07) is 10.7. The molecule has 0 aliphatic carbocycles. The fraction of sp³-hybridized carbons (Fsp3) is 0.182. The van der Waals surface area contributed by atoms with Crippen molar-refractivity contribution in [2.24, 2.45) is 10.9 Å². The summed E-state index contributed by atoms with van der Waals surface area (Å²) < 4.78 is 33.2. The number of halogens is 2. The maximum Gasteiger partial charge on any atom is 0.316 e. The smallest absolute Gasteiger partial charge is 0.316 e. The van der Waals surface area contributed by atoms with Crippen LogP contribution >= 0.6 is 0 Å². The molecule has 2 aliphatic rings. The quantitative estimate of drug-likeness (QED) is 0.658. The van der Waals surface area contributed by atoms with E-state index in [2.05, 4.69) is 21.3 Å². The first-order valence-corrected chi connectivity index (χ1v) is 9.26. The Balaban J connectivity index is 1.76. The number of aromatic nitrogens is 2. The standard InChI is InChI=1S/C22H14F2N4O2/c1-10-14-6-11(2-5-17(14)28-27-10)19-15(8-25)21(13-4-3-12(23)7-16(13)24)26-18-9-30-22(29)20(18)19/h2-7,19-20H,9H2,1H3,(H,27,28). The molecule has 148 valence electrons. The van der Waals surface area contributed by atoms with Crippen LogP contribution in [0.25, 0.3) is 16.6 Å². The van der Waals surface area contributed by atoms with E-state index in [9.17, 15) is 18.8 Å². The van der Waals surface area contributed by atoms with Crippen LogP contribution in [-0.2, 0) is 9.53 Å². The number of benzene rings is 2. The average Bonchev–Trinajstić information content (AvgIpc) is 3.29. The maximum absolute atomic E-state index is 14.6. The lowest BCUT2D eigenvalue weighted by Gasteiger charge is -2.27. The van der Waals surface area contributed by atoms with Gasteiger partial charge in [0.1, 0.15) is 24.2 Å². The summed E-state index contributed by atoms with van der Waals surface area (Å²) in [5, 5.41) is 18.0. The molecule has 1 N–H and O–H groups in total. The minimum Gasteiger partial charge on any atom is -0.459 e. The van der Waals surface area contributed by atoms with E-state index in [1.807, 2.05) is 13.0 Å². The molecule has 30 heavy (non-hydrogen) atoms. The highest BCUT2D eigenvalue weighted by Gasteiger charge is 2.46. The molecule has 2 unspecified atom stereocenters. The van der Waals surface area contributed by atoms with Gasteiger partial charge in [0, 0.05) is 28.6 Å². The molecule has 0 saturated carbocycles. The van der Waals surface area contributed by atoms with Crippen LogP contribution < -0.4 is 0 Å². The number of ether oxygens (including phenoxy) is 1. The predicted octanol–water partition coefficient (Wildman–Crippen LogP) is 3.80. The Morgan fingerprint density at radius 3 is 2.80 bits per heavy atom. The van der Waals surface area contributed by atoms with Crippen LogP contribution in [0.2, 0.25) is 0 Å². The number of rotatable bonds is 2. The normalized spacial score (nSPS) is 20.7. The van der Waals surface area contributed by atoms with Gasteiger partial charge in [0.15, 0.2) is 0 Å². The van der Waals surface area contributed by atoms with Crippen molar-refractivity contribution >= 4 is 28.3 Å². The van der Waals surface area contributed by atoms with Crippen LogP contribution in [0.3, 0.4) is 0 Å². The lowest BCUT2D eigenvalue weighted by atomic mass is 9.75. The zero-order valence-electron chi connectivity index (χ0n) is 15.7. The molecule has 6 nitrogen and oxygen atoms in total. The van der Waals surface area contributed by atoms with Crippen molar-refractivity contribution in [1.29, 1.82) is 5.26 Å². The average molecular weight is 404 g/mol. The molecule has 3 heterocycles. The number of carbonyl (C=O) groups is 1. The number of aryl methyl sites for hydroxylation is 1. The summed E-state index contributed by atoms with van der Waals surface area (Å²) in [6.07, 6.45) is 0. The Morgan fingerprint density at radius 2 is 2.03 bits per heavy atom. The van der Waals surface area contributed by atoms with Gasteiger partial charge in [-0.05, 0) is 36.8 Å². The van der Waals surface area contributed by atoms with E-state index < -0.39 is 29.4 Å². The zero-order chi connectivity index (χ0) is 21.0. The van der Waals surface area contributed by atoms with Crippen molar-refractivity contribution in [2.45, 2.75) is 12.8 Å². The van der Waals surface area contributed by atoms with E-state index in [1.165, 1.54) is 6.07 Å². The summed E-state index contributed by atoms with van der Waals surface area (Å²) >= 11 is 0. The fourth-order valence-corrected chi connectivity index (χ4v) is 4.13. The minimum atomic E-state index is -0.828. The first-order chi connectivity index (χ1) is 14.5. The van der Waals surface area contributed by atoms with Gasteiger partial charge in [-0.1, -0.05) is 6.07 Å². The van der Waals surface area contributed by atoms with Gasteiger partial charge in [-0.15, -0.1) is 0 Å². The van der Waals surface area contributed by atoms with Gasteiger partial charge >= 0.3 is 5.97 Å². The second-order valence-electron chi connectivity index (χ2n) is 7.29. The van der Waals surface area contributed by atoms with Crippen LogP contribution in [-0.4, -0.2) is 28.5 Å². The van der Waals surface area contributed by atoms with Crippen molar-refractivity contribution in [3.05, 3.63) is 70.4 Å². The van der Waals surface area contributed by atoms with Crippen LogP contribution in [0.1, 0.15) is 22.7 Å². The summed E-state index contributed by atoms with van der Waals surface area (Å²) in [4.78, 5) is 16.9. The van der Waals surface area contributed by atoms with Gasteiger partial charge in [-0.25, -0.2) is 8.78 Å². The fourth-order valence-electron chi connectivity index (χ4n) is 4.13. The molecule has 3 aromatic rings. The molecule has 2 aliphatic heterocycles. The Kier molecular flexibility index (Phi) is 4.00. The lowest BCUT2D eigenvalue weighted by molar-refractivity contribution is -0.141. The van der Waals surface area contributed by atoms with Crippen molar-refractivity contribution in [1.82, 2.24) is 10.2 Å². The third kappa shape index (κ3) is 2.63. The summed E-state index contributed by atoms with van der Waals surface area (Å²) in [5.74, 6) is -3.50. The largest absolute Gasteiger partial charge is 0.459 e. The number of hydrogen-bond acceptors (Lipinski definition) is 5. The summed E-state index contributed by atoms with van der Waals surface area (Å²) in [7, 11) is 0. The van der Waals surface area contributed by atoms with Crippen LogP contribution in [0.4, 0.5) is 8.78 Å². The van der Waals surface area contributed by atoms with E-state index in [1.54, 1.807) is 12.1 Å². The van der Waals surface area contributed by atoms with E-state index in [4.69, 9.17) is 4.74 Å². The Bertz CT molecular complexity index is 1330. The molecule has 0 amide bonds. The van der Waals surface area contributed by atoms with Crippen molar-refractivity contribution < 1.29 is 18.3 Å². The number of aliphatic imine (C=N–C) groups is 1. The number of allylic oxidation sites excluding steroid dienone is 1. The molecule has 1 aromatic heterocycles. The maximum atomic E-state index is 14.6. The molecular weight excluding hydrogens is 390 g/mol. The predicted molar refractivity (Wildman–Crippen MR) is 104 cm³/mol. The van der Waals surface area contributed by atoms with E-state index in [0.717, 1.165) is 28.7 Å². The van der Waals surface area contributed by atoms with Gasteiger partial charge in [-0.2, -0.15) is 10.4 Å². The summed E-state index contributed by atoms with van der Waals surface area (Å²) in [5.41, 5.74) is 2.94. The third-order valence-electron chi connectivity index (χ3n) is 5.56. The number of nitriles is 1. The molecule has 0 spiro atoms. The van der Waals surface area contributed by atoms with Gasteiger partial charge in [0.05, 0.1) is 28.6 Å². The SMILES string of the molecule is Cc1[nH]nc2ccc(C3C(C#N)=C(c4ccc(F)cc4F)N=C4COC(=O)C43)cc12. The van der Waals surface area contributed by atoms with Gasteiger partial charge < -0.3 is 4.74 Å². The molecule has 2 aromatic carbocycles. The number of cyclic esters (lactones) is 1. The topological polar surface area (TPSA) is 91.1 Å². The highest BCUT2D eigenvalue weighted by atomic mass is 19.1. The molecule has 0 radical (unpaired) electrons. The zero-order valence-corrected chi connectivity index (χ0v) is 15.7. The van der Waals surface area contributed by atoms with Crippen molar-refractivity contribution in [2.75, 3.05) is 6.61 Å². The molecule has 8 heteroatoms. The molecule has 2 atom stereocenters. The molecule has 1 saturated heterocycles. The first kappa shape index (κ1) is 18.2. The van der Waals surface area contributed by atoms with Gasteiger partial charge in [-0.3, -0.25) is 14.9 Å². The second kappa shape index (κ2) is 6.59. The Hall–Kier alpha value is -3.86. The number of aromatic amines is 1. The lowest BCUT2D eigenvalue weighted by Crippen LogP contribution is -2.29. The van der Waals surface area contributed by atoms with Gasteiger partial charge in [0.25, 0.3) is 0 Å². The van der Waals surface area contributed by atoms with Crippen molar-refractivity contribution in [3.63, 3.8) is 0 Å². The number of nitrogens with one attached hydrogen (secondary N) is 1. The second-order valence-corrected chi connectivity index (χ2v) is 7.29. The van der Waals surface area contributed by atoms with E-state index >= 15 is 0 Å². The van der Waals surface area contributed by atoms with Crippen molar-refractivity contribution in [3.8, 4) is 6.07 Å². The highest BCUT2D eigenvalue weighted by Crippen LogP contribution is 2.44. The Labute approximate surface area is 169 Å². The van der Waals surface area contributed by atoms with Crippen LogP contribution in [0, 0.1) is 35.8 Å². The molecule has 0 bridgehead atoms. The highest BCUT2D eigenvalue weighted by molar-refractivity contribution is 6.12. The molecule has 5 rings (SSSR count). The number of H-pyrrole nitrogens is 1. The number of hydrogen-bond donors (Lipinski definition) is 1. The number of fused-ring (bicyclic) bond motifs is 2. The molecular formula is C22H14F2N4O2.